The quantitative estimate of drug-likeness (QED) is 0.644. The van der Waals surface area contributed by atoms with Gasteiger partial charge in [0.05, 0.1) is 6.04 Å². The van der Waals surface area contributed by atoms with Crippen molar-refractivity contribution in [3.63, 3.8) is 0 Å². The third-order valence-corrected chi connectivity index (χ3v) is 3.21. The number of rotatable bonds is 5. The van der Waals surface area contributed by atoms with Gasteiger partial charge in [0.25, 0.3) is 0 Å². The highest BCUT2D eigenvalue weighted by Gasteiger charge is 2.30. The monoisotopic (exact) mass is 294 g/mol. The van der Waals surface area contributed by atoms with Crippen molar-refractivity contribution in [1.82, 2.24) is 5.32 Å². The van der Waals surface area contributed by atoms with Gasteiger partial charge in [-0.05, 0) is 23.1 Å². The van der Waals surface area contributed by atoms with Crippen LogP contribution in [-0.4, -0.2) is 34.2 Å². The van der Waals surface area contributed by atoms with E-state index in [0.29, 0.717) is 5.56 Å². The number of amides is 1. The first-order chi connectivity index (χ1) is 9.61. The van der Waals surface area contributed by atoms with Gasteiger partial charge in [0.1, 0.15) is 11.8 Å². The Kier molecular flexibility index (Phi) is 5.32. The second-order valence-electron chi connectivity index (χ2n) is 6.11. The highest BCUT2D eigenvalue weighted by Crippen LogP contribution is 2.18. The number of carboxylic acids is 1. The van der Waals surface area contributed by atoms with E-state index in [0.717, 1.165) is 0 Å². The Balaban J connectivity index is 2.77. The molecule has 1 amide bonds. The van der Waals surface area contributed by atoms with Crippen LogP contribution in [0.1, 0.15) is 26.3 Å². The summed E-state index contributed by atoms with van der Waals surface area (Å²) in [6, 6.07) is 4.31. The summed E-state index contributed by atoms with van der Waals surface area (Å²) >= 11 is 0. The van der Waals surface area contributed by atoms with E-state index in [1.165, 1.54) is 12.1 Å². The minimum absolute atomic E-state index is 0.101. The Bertz CT molecular complexity index is 505. The molecule has 1 aromatic rings. The van der Waals surface area contributed by atoms with E-state index in [4.69, 9.17) is 5.73 Å². The highest BCUT2D eigenvalue weighted by molar-refractivity contribution is 5.87. The fourth-order valence-electron chi connectivity index (χ4n) is 1.72. The maximum atomic E-state index is 12.0. The summed E-state index contributed by atoms with van der Waals surface area (Å²) in [6.07, 6.45) is 0.123. The zero-order chi connectivity index (χ0) is 16.2. The van der Waals surface area contributed by atoms with E-state index in [1.54, 1.807) is 12.1 Å². The number of aromatic hydroxyl groups is 1. The Morgan fingerprint density at radius 3 is 2.19 bits per heavy atom. The number of phenolic OH excluding ortho intramolecular Hbond substituents is 1. The molecule has 0 radical (unpaired) electrons. The molecule has 0 aromatic heterocycles. The molecule has 6 nitrogen and oxygen atoms in total. The summed E-state index contributed by atoms with van der Waals surface area (Å²) < 4.78 is 0. The number of hydrogen-bond donors (Lipinski definition) is 4. The zero-order valence-corrected chi connectivity index (χ0v) is 12.5. The van der Waals surface area contributed by atoms with Crippen molar-refractivity contribution in [1.29, 1.82) is 0 Å². The Labute approximate surface area is 124 Å². The Morgan fingerprint density at radius 2 is 1.76 bits per heavy atom. The number of carboxylic acid groups (broad SMARTS) is 1. The molecule has 1 rings (SSSR count). The molecule has 1 aromatic carbocycles. The number of hydrogen-bond acceptors (Lipinski definition) is 4. The predicted molar refractivity (Wildman–Crippen MR) is 78.8 cm³/mol. The fraction of sp³-hybridized carbons (Fsp3) is 0.467. The van der Waals surface area contributed by atoms with Gasteiger partial charge in [-0.2, -0.15) is 0 Å². The summed E-state index contributed by atoms with van der Waals surface area (Å²) in [4.78, 5) is 23.3. The third kappa shape index (κ3) is 5.07. The second-order valence-corrected chi connectivity index (χ2v) is 6.11. The largest absolute Gasteiger partial charge is 0.508 e. The molecule has 0 saturated heterocycles. The SMILES string of the molecule is CC(C)(C)[C@H](N)C(=O)N[C@@H](Cc1ccc(O)cc1)C(=O)O. The Hall–Kier alpha value is -2.08. The molecular weight excluding hydrogens is 272 g/mol. The fourth-order valence-corrected chi connectivity index (χ4v) is 1.72. The van der Waals surface area contributed by atoms with Crippen LogP contribution >= 0.6 is 0 Å². The topological polar surface area (TPSA) is 113 Å². The van der Waals surface area contributed by atoms with Crippen molar-refractivity contribution in [3.8, 4) is 5.75 Å². The molecule has 5 N–H and O–H groups in total. The lowest BCUT2D eigenvalue weighted by Gasteiger charge is -2.27. The number of nitrogens with one attached hydrogen (secondary N) is 1. The predicted octanol–water partition coefficient (Wildman–Crippen LogP) is 0.877. The summed E-state index contributed by atoms with van der Waals surface area (Å²) in [7, 11) is 0. The van der Waals surface area contributed by atoms with E-state index in [9.17, 15) is 19.8 Å². The maximum absolute atomic E-state index is 12.0. The average Bonchev–Trinajstić information content (AvgIpc) is 2.38. The number of carbonyl (C=O) groups is 2. The van der Waals surface area contributed by atoms with Gasteiger partial charge in [-0.1, -0.05) is 32.9 Å². The molecule has 0 heterocycles. The van der Waals surface area contributed by atoms with Crippen LogP contribution in [0.3, 0.4) is 0 Å². The van der Waals surface area contributed by atoms with E-state index in [2.05, 4.69) is 5.32 Å². The van der Waals surface area contributed by atoms with Crippen LogP contribution in [0, 0.1) is 5.41 Å². The van der Waals surface area contributed by atoms with Crippen LogP contribution < -0.4 is 11.1 Å². The van der Waals surface area contributed by atoms with Crippen molar-refractivity contribution >= 4 is 11.9 Å². The van der Waals surface area contributed by atoms with Gasteiger partial charge < -0.3 is 21.3 Å². The van der Waals surface area contributed by atoms with E-state index in [-0.39, 0.29) is 12.2 Å². The van der Waals surface area contributed by atoms with Crippen LogP contribution in [0.15, 0.2) is 24.3 Å². The lowest BCUT2D eigenvalue weighted by Crippen LogP contribution is -2.53. The molecule has 0 bridgehead atoms. The maximum Gasteiger partial charge on any atom is 0.326 e. The van der Waals surface area contributed by atoms with Crippen molar-refractivity contribution in [3.05, 3.63) is 29.8 Å². The smallest absolute Gasteiger partial charge is 0.326 e. The van der Waals surface area contributed by atoms with Gasteiger partial charge in [-0.3, -0.25) is 4.79 Å². The van der Waals surface area contributed by atoms with E-state index < -0.39 is 29.4 Å². The summed E-state index contributed by atoms with van der Waals surface area (Å²) in [5.74, 6) is -1.52. The van der Waals surface area contributed by atoms with Gasteiger partial charge in [0.15, 0.2) is 0 Å². The van der Waals surface area contributed by atoms with Crippen LogP contribution in [-0.2, 0) is 16.0 Å². The van der Waals surface area contributed by atoms with Crippen molar-refractivity contribution < 1.29 is 19.8 Å². The molecule has 0 aliphatic heterocycles. The minimum Gasteiger partial charge on any atom is -0.508 e. The first kappa shape index (κ1) is 17.0. The molecule has 0 fully saturated rings. The lowest BCUT2D eigenvalue weighted by molar-refractivity contribution is -0.142. The van der Waals surface area contributed by atoms with Gasteiger partial charge >= 0.3 is 5.97 Å². The highest BCUT2D eigenvalue weighted by atomic mass is 16.4. The zero-order valence-electron chi connectivity index (χ0n) is 12.5. The van der Waals surface area contributed by atoms with Crippen molar-refractivity contribution in [2.45, 2.75) is 39.3 Å². The third-order valence-electron chi connectivity index (χ3n) is 3.21. The lowest BCUT2D eigenvalue weighted by atomic mass is 9.86. The molecule has 0 unspecified atom stereocenters. The standard InChI is InChI=1S/C15H22N2O4/c1-15(2,3)12(16)13(19)17-11(14(20)21)8-9-4-6-10(18)7-5-9/h4-7,11-12,18H,8,16H2,1-3H3,(H,17,19)(H,20,21)/t11-,12+/m0/s1. The van der Waals surface area contributed by atoms with Gasteiger partial charge in [-0.15, -0.1) is 0 Å². The van der Waals surface area contributed by atoms with Gasteiger partial charge in [0.2, 0.25) is 5.91 Å². The molecular formula is C15H22N2O4. The molecule has 0 saturated carbocycles. The number of benzene rings is 1. The van der Waals surface area contributed by atoms with Gasteiger partial charge in [0, 0.05) is 6.42 Å². The molecule has 0 spiro atoms. The van der Waals surface area contributed by atoms with Crippen LogP contribution in [0.2, 0.25) is 0 Å². The first-order valence-corrected chi connectivity index (χ1v) is 6.68. The summed E-state index contributed by atoms with van der Waals surface area (Å²) in [6.45, 7) is 5.44. The van der Waals surface area contributed by atoms with E-state index in [1.807, 2.05) is 20.8 Å². The van der Waals surface area contributed by atoms with Crippen molar-refractivity contribution in [2.24, 2.45) is 11.1 Å². The molecule has 21 heavy (non-hydrogen) atoms. The van der Waals surface area contributed by atoms with Crippen LogP contribution in [0.4, 0.5) is 0 Å². The number of carbonyl (C=O) groups excluding carboxylic acids is 1. The number of phenols is 1. The normalized spacial score (nSPS) is 14.3. The molecule has 6 heteroatoms. The Morgan fingerprint density at radius 1 is 1.24 bits per heavy atom. The summed E-state index contributed by atoms with van der Waals surface area (Å²) in [5.41, 5.74) is 6.06. The van der Waals surface area contributed by atoms with E-state index >= 15 is 0 Å². The average molecular weight is 294 g/mol. The first-order valence-electron chi connectivity index (χ1n) is 6.68. The number of nitrogens with two attached hydrogens (primary N) is 1. The van der Waals surface area contributed by atoms with Crippen LogP contribution in [0.5, 0.6) is 5.75 Å². The second kappa shape index (κ2) is 6.58. The van der Waals surface area contributed by atoms with Gasteiger partial charge in [-0.25, -0.2) is 4.79 Å². The minimum atomic E-state index is -1.13. The summed E-state index contributed by atoms with van der Waals surface area (Å²) in [5, 5.41) is 20.9. The molecule has 0 aliphatic rings. The van der Waals surface area contributed by atoms with Crippen molar-refractivity contribution in [2.75, 3.05) is 0 Å². The number of aliphatic carboxylic acids is 1. The molecule has 2 atom stereocenters. The molecule has 0 aliphatic carbocycles. The van der Waals surface area contributed by atoms with Crippen LogP contribution in [0.25, 0.3) is 0 Å². The molecule has 116 valence electrons.